The molecule has 0 N–H and O–H groups in total. The number of hydrogen-bond acceptors (Lipinski definition) is 5. The molecule has 5 nitrogen and oxygen atoms in total. The normalized spacial score (nSPS) is 20.7. The Kier molecular flexibility index (Phi) is 8.71. The average molecular weight is 582 g/mol. The van der Waals surface area contributed by atoms with Crippen LogP contribution >= 0.6 is 0 Å². The van der Waals surface area contributed by atoms with Crippen LogP contribution < -0.4 is 14.8 Å². The number of hydrazone groups is 1. The molecule has 2 atom stereocenters. The van der Waals surface area contributed by atoms with E-state index in [-0.39, 0.29) is 12.0 Å². The van der Waals surface area contributed by atoms with Crippen LogP contribution in [-0.4, -0.2) is 36.9 Å². The van der Waals surface area contributed by atoms with Gasteiger partial charge in [-0.1, -0.05) is 66.7 Å². The lowest BCUT2D eigenvalue weighted by molar-refractivity contribution is 0.544. The van der Waals surface area contributed by atoms with E-state index in [0.717, 1.165) is 44.1 Å². The molecule has 0 radical (unpaired) electrons. The summed E-state index contributed by atoms with van der Waals surface area (Å²) in [5.41, 5.74) is 7.54. The molecular weight excluding hydrogens is 538 g/mol. The number of pyridine rings is 1. The first-order valence-electron chi connectivity index (χ1n) is 16.5. The second-order valence-corrected chi connectivity index (χ2v) is 12.4. The molecule has 0 amide bonds. The minimum atomic E-state index is 0.0432. The summed E-state index contributed by atoms with van der Waals surface area (Å²) in [4.78, 5) is 9.80. The maximum absolute atomic E-state index is 5.29. The summed E-state index contributed by atoms with van der Waals surface area (Å²) in [7, 11) is 0. The van der Waals surface area contributed by atoms with Crippen LogP contribution in [0.25, 0.3) is 6.08 Å². The van der Waals surface area contributed by atoms with Crippen molar-refractivity contribution in [1.82, 2.24) is 4.98 Å². The van der Waals surface area contributed by atoms with Gasteiger partial charge in [0.05, 0.1) is 11.8 Å². The molecule has 0 saturated carbocycles. The lowest BCUT2D eigenvalue weighted by atomic mass is 9.84. The van der Waals surface area contributed by atoms with Gasteiger partial charge in [-0.15, -0.1) is 0 Å². The highest BCUT2D eigenvalue weighted by Crippen LogP contribution is 2.41. The van der Waals surface area contributed by atoms with Crippen LogP contribution in [-0.2, 0) is 6.42 Å². The average Bonchev–Trinajstić information content (AvgIpc) is 3.47. The Bertz CT molecular complexity index is 1530. The van der Waals surface area contributed by atoms with E-state index >= 15 is 0 Å². The molecule has 5 heteroatoms. The van der Waals surface area contributed by atoms with Gasteiger partial charge in [-0.25, -0.2) is 9.99 Å². The Morgan fingerprint density at radius 2 is 1.23 bits per heavy atom. The SMILES string of the molecule is C(=Cc1ccc(N2CCCCC2)cc1)C1=NN(c2ccccn2)C(c2ccc(N3CCCCC3)cc2)C1Cc1ccccc1. The Morgan fingerprint density at radius 3 is 1.84 bits per heavy atom. The van der Waals surface area contributed by atoms with Gasteiger partial charge >= 0.3 is 0 Å². The van der Waals surface area contributed by atoms with Gasteiger partial charge in [0.1, 0.15) is 5.82 Å². The van der Waals surface area contributed by atoms with Gasteiger partial charge in [-0.2, -0.15) is 5.10 Å². The molecule has 2 saturated heterocycles. The van der Waals surface area contributed by atoms with E-state index < -0.39 is 0 Å². The molecule has 4 heterocycles. The summed E-state index contributed by atoms with van der Waals surface area (Å²) in [5.74, 6) is 1.05. The van der Waals surface area contributed by atoms with Crippen LogP contribution in [0.4, 0.5) is 17.2 Å². The molecule has 3 aliphatic rings. The van der Waals surface area contributed by atoms with Crippen molar-refractivity contribution < 1.29 is 0 Å². The minimum absolute atomic E-state index is 0.0432. The van der Waals surface area contributed by atoms with Gasteiger partial charge in [-0.3, -0.25) is 0 Å². The lowest BCUT2D eigenvalue weighted by Gasteiger charge is -2.30. The van der Waals surface area contributed by atoms with Crippen molar-refractivity contribution in [2.75, 3.05) is 41.0 Å². The van der Waals surface area contributed by atoms with E-state index in [1.807, 2.05) is 12.3 Å². The highest BCUT2D eigenvalue weighted by Gasteiger charge is 2.38. The smallest absolute Gasteiger partial charge is 0.149 e. The summed E-state index contributed by atoms with van der Waals surface area (Å²) in [5, 5.41) is 7.45. The zero-order valence-corrected chi connectivity index (χ0v) is 25.6. The number of anilines is 3. The van der Waals surface area contributed by atoms with Crippen LogP contribution in [0.1, 0.15) is 61.3 Å². The zero-order valence-electron chi connectivity index (χ0n) is 25.6. The number of hydrogen-bond donors (Lipinski definition) is 0. The third kappa shape index (κ3) is 6.42. The second kappa shape index (κ2) is 13.5. The Morgan fingerprint density at radius 1 is 0.614 bits per heavy atom. The van der Waals surface area contributed by atoms with Gasteiger partial charge in [-0.05, 0) is 104 Å². The number of allylic oxidation sites excluding steroid dienone is 1. The predicted molar refractivity (Wildman–Crippen MR) is 185 cm³/mol. The molecule has 0 bridgehead atoms. The zero-order chi connectivity index (χ0) is 29.6. The van der Waals surface area contributed by atoms with E-state index in [1.165, 1.54) is 66.6 Å². The van der Waals surface area contributed by atoms with E-state index in [2.05, 4.69) is 118 Å². The standard InChI is InChI=1S/C39H43N5/c1-4-12-32(13-5-1)30-36-37(24-17-31-15-20-34(21-16-31)42-26-8-2-9-27-42)41-44(38-14-6-7-25-40-38)39(36)33-18-22-35(23-19-33)43-28-10-3-11-29-43/h1,4-7,12-25,36,39H,2-3,8-11,26-30H2. The van der Waals surface area contributed by atoms with Crippen molar-refractivity contribution in [3.05, 3.63) is 126 Å². The van der Waals surface area contributed by atoms with E-state index in [4.69, 9.17) is 10.1 Å². The van der Waals surface area contributed by atoms with Gasteiger partial charge < -0.3 is 9.80 Å². The molecular formula is C39H43N5. The molecule has 0 spiro atoms. The van der Waals surface area contributed by atoms with E-state index in [1.54, 1.807) is 0 Å². The van der Waals surface area contributed by atoms with Crippen LogP contribution in [0.15, 0.2) is 114 Å². The first kappa shape index (κ1) is 28.4. The number of piperidine rings is 2. The monoisotopic (exact) mass is 581 g/mol. The molecule has 0 aliphatic carbocycles. The van der Waals surface area contributed by atoms with Gasteiger partial charge in [0.2, 0.25) is 0 Å². The highest BCUT2D eigenvalue weighted by atomic mass is 15.5. The van der Waals surface area contributed by atoms with Gasteiger partial charge in [0.15, 0.2) is 0 Å². The minimum Gasteiger partial charge on any atom is -0.372 e. The fourth-order valence-electron chi connectivity index (χ4n) is 7.06. The molecule has 2 fully saturated rings. The van der Waals surface area contributed by atoms with Gasteiger partial charge in [0.25, 0.3) is 0 Å². The Balaban J connectivity index is 1.21. The maximum Gasteiger partial charge on any atom is 0.149 e. The van der Waals surface area contributed by atoms with Crippen LogP contribution in [0.3, 0.4) is 0 Å². The Labute approximate surface area is 262 Å². The Hall–Kier alpha value is -4.38. The van der Waals surface area contributed by atoms with Gasteiger partial charge in [0, 0.05) is 49.7 Å². The van der Waals surface area contributed by atoms with Crippen LogP contribution in [0.2, 0.25) is 0 Å². The number of benzene rings is 3. The second-order valence-electron chi connectivity index (χ2n) is 12.4. The quantitative estimate of drug-likeness (QED) is 0.209. The van der Waals surface area contributed by atoms with Crippen LogP contribution in [0, 0.1) is 5.92 Å². The van der Waals surface area contributed by atoms with E-state index in [0.29, 0.717) is 0 Å². The molecule has 224 valence electrons. The molecule has 7 rings (SSSR count). The van der Waals surface area contributed by atoms with Crippen molar-refractivity contribution >= 4 is 29.0 Å². The predicted octanol–water partition coefficient (Wildman–Crippen LogP) is 8.55. The number of aromatic nitrogens is 1. The molecule has 3 aliphatic heterocycles. The first-order chi connectivity index (χ1) is 21.8. The van der Waals surface area contributed by atoms with Crippen molar-refractivity contribution in [3.8, 4) is 0 Å². The van der Waals surface area contributed by atoms with Crippen molar-refractivity contribution in [2.45, 2.75) is 51.0 Å². The topological polar surface area (TPSA) is 35.0 Å². The fourth-order valence-corrected chi connectivity index (χ4v) is 7.06. The van der Waals surface area contributed by atoms with Crippen LogP contribution in [0.5, 0.6) is 0 Å². The molecule has 44 heavy (non-hydrogen) atoms. The molecule has 3 aromatic carbocycles. The number of rotatable bonds is 8. The number of nitrogens with zero attached hydrogens (tertiary/aromatic N) is 5. The summed E-state index contributed by atoms with van der Waals surface area (Å²) in [6.45, 7) is 4.63. The van der Waals surface area contributed by atoms with Crippen molar-refractivity contribution in [2.24, 2.45) is 11.0 Å². The summed E-state index contributed by atoms with van der Waals surface area (Å²) in [6.07, 6.45) is 15.1. The third-order valence-electron chi connectivity index (χ3n) is 9.45. The summed E-state index contributed by atoms with van der Waals surface area (Å²) in [6, 6.07) is 35.3. The fraction of sp³-hybridized carbons (Fsp3) is 0.333. The van der Waals surface area contributed by atoms with Crippen molar-refractivity contribution in [3.63, 3.8) is 0 Å². The largest absolute Gasteiger partial charge is 0.372 e. The summed E-state index contributed by atoms with van der Waals surface area (Å²) >= 11 is 0. The lowest BCUT2D eigenvalue weighted by Crippen LogP contribution is -2.30. The summed E-state index contributed by atoms with van der Waals surface area (Å²) < 4.78 is 0. The third-order valence-corrected chi connectivity index (χ3v) is 9.45. The highest BCUT2D eigenvalue weighted by molar-refractivity contribution is 6.03. The van der Waals surface area contributed by atoms with Crippen molar-refractivity contribution in [1.29, 1.82) is 0 Å². The maximum atomic E-state index is 5.29. The first-order valence-corrected chi connectivity index (χ1v) is 16.5. The molecule has 4 aromatic rings. The molecule has 2 unspecified atom stereocenters. The van der Waals surface area contributed by atoms with E-state index in [9.17, 15) is 0 Å². The molecule has 1 aromatic heterocycles.